The maximum absolute atomic E-state index is 14.1. The normalized spacial score (nSPS) is 15.0. The monoisotopic (exact) mass is 486 g/mol. The van der Waals surface area contributed by atoms with Gasteiger partial charge in [0.15, 0.2) is 0 Å². The summed E-state index contributed by atoms with van der Waals surface area (Å²) in [7, 11) is 0. The zero-order valence-corrected chi connectivity index (χ0v) is 19.9. The third kappa shape index (κ3) is 5.69. The molecule has 4 rings (SSSR count). The number of fused-ring (bicyclic) bond motifs is 1. The number of amides is 2. The van der Waals surface area contributed by atoms with Crippen LogP contribution in [0.1, 0.15) is 26.7 Å². The second kappa shape index (κ2) is 10.4. The lowest BCUT2D eigenvalue weighted by Crippen LogP contribution is -2.47. The lowest BCUT2D eigenvalue weighted by atomic mass is 10.0. The van der Waals surface area contributed by atoms with Crippen molar-refractivity contribution in [3.8, 4) is 5.88 Å². The molecule has 2 amide bonds. The van der Waals surface area contributed by atoms with Crippen molar-refractivity contribution in [2.45, 2.75) is 45.3 Å². The zero-order chi connectivity index (χ0) is 24.2. The summed E-state index contributed by atoms with van der Waals surface area (Å²) >= 11 is 5.78. The van der Waals surface area contributed by atoms with E-state index in [2.05, 4.69) is 29.4 Å². The molecule has 0 radical (unpaired) electrons. The molecule has 0 saturated carbocycles. The molecular formula is C25H28ClFN4O3. The van der Waals surface area contributed by atoms with Crippen molar-refractivity contribution in [1.29, 1.82) is 0 Å². The van der Waals surface area contributed by atoms with Crippen LogP contribution >= 0.6 is 11.6 Å². The van der Waals surface area contributed by atoms with Crippen molar-refractivity contribution in [3.05, 3.63) is 59.4 Å². The number of nitrogens with zero attached hydrogens (tertiary/aromatic N) is 2. The minimum Gasteiger partial charge on any atom is -0.393 e. The van der Waals surface area contributed by atoms with Gasteiger partial charge in [-0.05, 0) is 51.0 Å². The van der Waals surface area contributed by atoms with Crippen LogP contribution in [-0.4, -0.2) is 46.6 Å². The largest absolute Gasteiger partial charge is 0.414 e. The van der Waals surface area contributed by atoms with Crippen LogP contribution in [0.4, 0.5) is 14.9 Å². The first-order chi connectivity index (χ1) is 16.3. The van der Waals surface area contributed by atoms with Crippen LogP contribution in [0.25, 0.3) is 10.9 Å². The lowest BCUT2D eigenvalue weighted by Gasteiger charge is -2.34. The number of rotatable bonds is 6. The molecule has 1 aliphatic heterocycles. The van der Waals surface area contributed by atoms with E-state index in [4.69, 9.17) is 16.3 Å². The predicted molar refractivity (Wildman–Crippen MR) is 131 cm³/mol. The molecule has 7 nitrogen and oxygen atoms in total. The maximum atomic E-state index is 14.1. The average molecular weight is 487 g/mol. The highest BCUT2D eigenvalue weighted by Crippen LogP contribution is 2.26. The van der Waals surface area contributed by atoms with Gasteiger partial charge in [0, 0.05) is 41.6 Å². The van der Waals surface area contributed by atoms with Crippen LogP contribution < -0.4 is 15.4 Å². The molecule has 2 heterocycles. The van der Waals surface area contributed by atoms with Gasteiger partial charge in [0.05, 0.1) is 11.2 Å². The number of hydrogen-bond acceptors (Lipinski definition) is 4. The van der Waals surface area contributed by atoms with Crippen molar-refractivity contribution >= 4 is 40.2 Å². The first-order valence-corrected chi connectivity index (χ1v) is 11.7. The van der Waals surface area contributed by atoms with Crippen LogP contribution in [0.2, 0.25) is 5.02 Å². The number of carbonyl (C=O) groups is 2. The van der Waals surface area contributed by atoms with Gasteiger partial charge in [-0.15, -0.1) is 0 Å². The Balaban J connectivity index is 1.45. The van der Waals surface area contributed by atoms with Gasteiger partial charge in [0.2, 0.25) is 11.8 Å². The minimum absolute atomic E-state index is 0.0267. The predicted octanol–water partition coefficient (Wildman–Crippen LogP) is 5.03. The van der Waals surface area contributed by atoms with E-state index < -0.39 is 17.8 Å². The summed E-state index contributed by atoms with van der Waals surface area (Å²) in [5.41, 5.74) is 0.751. The van der Waals surface area contributed by atoms with Crippen molar-refractivity contribution < 1.29 is 18.7 Å². The smallest absolute Gasteiger partial charge is 0.393 e. The van der Waals surface area contributed by atoms with Gasteiger partial charge in [-0.3, -0.25) is 4.79 Å². The number of likely N-dealkylation sites (tertiary alicyclic amines) is 1. The molecule has 0 aliphatic carbocycles. The van der Waals surface area contributed by atoms with Gasteiger partial charge < -0.3 is 24.8 Å². The van der Waals surface area contributed by atoms with E-state index in [-0.39, 0.29) is 29.2 Å². The fourth-order valence-corrected chi connectivity index (χ4v) is 4.37. The van der Waals surface area contributed by atoms with Crippen molar-refractivity contribution in [3.63, 3.8) is 0 Å². The highest BCUT2D eigenvalue weighted by molar-refractivity contribution is 6.30. The summed E-state index contributed by atoms with van der Waals surface area (Å²) in [6, 6.07) is 13.7. The highest BCUT2D eigenvalue weighted by atomic mass is 35.5. The van der Waals surface area contributed by atoms with Crippen LogP contribution in [0, 0.1) is 5.82 Å². The first-order valence-electron chi connectivity index (χ1n) is 11.4. The Morgan fingerprint density at radius 3 is 2.59 bits per heavy atom. The molecule has 0 spiro atoms. The van der Waals surface area contributed by atoms with Crippen molar-refractivity contribution in [2.75, 3.05) is 18.4 Å². The van der Waals surface area contributed by atoms with Gasteiger partial charge in [-0.2, -0.15) is 0 Å². The fourth-order valence-electron chi connectivity index (χ4n) is 4.21. The quantitative estimate of drug-likeness (QED) is 0.512. The summed E-state index contributed by atoms with van der Waals surface area (Å²) in [5.74, 6) is -0.850. The van der Waals surface area contributed by atoms with Gasteiger partial charge in [0.1, 0.15) is 12.4 Å². The Morgan fingerprint density at radius 1 is 1.15 bits per heavy atom. The highest BCUT2D eigenvalue weighted by Gasteiger charge is 2.24. The number of carbonyl (C=O) groups excluding carboxylic acids is 2. The number of para-hydroxylation sites is 1. The molecule has 1 aliphatic rings. The van der Waals surface area contributed by atoms with Crippen LogP contribution in [-0.2, 0) is 11.3 Å². The minimum atomic E-state index is -0.627. The van der Waals surface area contributed by atoms with E-state index in [1.165, 1.54) is 12.1 Å². The van der Waals surface area contributed by atoms with E-state index in [1.54, 1.807) is 10.6 Å². The maximum Gasteiger partial charge on any atom is 0.414 e. The molecule has 2 N–H and O–H groups in total. The number of nitrogens with one attached hydrogen (secondary N) is 2. The molecule has 180 valence electrons. The number of ether oxygens (including phenoxy) is 1. The van der Waals surface area contributed by atoms with Gasteiger partial charge in [-0.1, -0.05) is 29.8 Å². The summed E-state index contributed by atoms with van der Waals surface area (Å²) < 4.78 is 21.3. The molecule has 0 bridgehead atoms. The van der Waals surface area contributed by atoms with Crippen LogP contribution in [0.5, 0.6) is 5.88 Å². The molecule has 0 atom stereocenters. The summed E-state index contributed by atoms with van der Waals surface area (Å²) in [5, 5.41) is 6.55. The second-order valence-corrected chi connectivity index (χ2v) is 9.17. The third-order valence-corrected chi connectivity index (χ3v) is 6.29. The Labute approximate surface area is 202 Å². The fraction of sp³-hybridized carbons (Fsp3) is 0.360. The van der Waals surface area contributed by atoms with E-state index in [0.717, 1.165) is 42.9 Å². The van der Waals surface area contributed by atoms with Gasteiger partial charge >= 0.3 is 6.09 Å². The Kier molecular flexibility index (Phi) is 7.38. The van der Waals surface area contributed by atoms with Gasteiger partial charge in [-0.25, -0.2) is 9.18 Å². The van der Waals surface area contributed by atoms with Crippen molar-refractivity contribution in [1.82, 2.24) is 14.8 Å². The topological polar surface area (TPSA) is 75.6 Å². The Hall–Kier alpha value is -3.10. The van der Waals surface area contributed by atoms with Crippen molar-refractivity contribution in [2.24, 2.45) is 0 Å². The Bertz CT molecular complexity index is 1190. The van der Waals surface area contributed by atoms with E-state index in [0.29, 0.717) is 6.04 Å². The Morgan fingerprint density at radius 2 is 1.88 bits per heavy atom. The number of halogens is 2. The van der Waals surface area contributed by atoms with E-state index in [1.807, 2.05) is 24.3 Å². The molecule has 0 unspecified atom stereocenters. The molecule has 2 aromatic carbocycles. The molecule has 1 fully saturated rings. The SMILES string of the molecule is CC(C)N1CCC(NC(=O)Oc2cc3ccccc3n2CC(=O)Nc2ccc(Cl)cc2F)CC1. The van der Waals surface area contributed by atoms with E-state index >= 15 is 0 Å². The second-order valence-electron chi connectivity index (χ2n) is 8.74. The molecule has 1 aromatic heterocycles. The average Bonchev–Trinajstić information content (AvgIpc) is 3.12. The third-order valence-electron chi connectivity index (χ3n) is 6.06. The molecule has 3 aromatic rings. The zero-order valence-electron chi connectivity index (χ0n) is 19.2. The molecule has 34 heavy (non-hydrogen) atoms. The summed E-state index contributed by atoms with van der Waals surface area (Å²) in [6.45, 7) is 6.01. The molecular weight excluding hydrogens is 459 g/mol. The standard InChI is InChI=1S/C25H28ClFN4O3/c1-16(2)30-11-9-19(10-12-30)28-25(33)34-24-13-17-5-3-4-6-22(17)31(24)15-23(32)29-21-8-7-18(26)14-20(21)27/h3-8,13-14,16,19H,9-12,15H2,1-2H3,(H,28,33)(H,29,32). The lowest BCUT2D eigenvalue weighted by molar-refractivity contribution is -0.116. The van der Waals surface area contributed by atoms with E-state index in [9.17, 15) is 14.0 Å². The number of anilines is 1. The number of benzene rings is 2. The number of piperidine rings is 1. The van der Waals surface area contributed by atoms with Gasteiger partial charge in [0.25, 0.3) is 0 Å². The number of hydrogen-bond donors (Lipinski definition) is 2. The molecule has 9 heteroatoms. The first kappa shape index (κ1) is 24.0. The summed E-state index contributed by atoms with van der Waals surface area (Å²) in [6.07, 6.45) is 1.15. The molecule has 1 saturated heterocycles. The van der Waals surface area contributed by atoms with Crippen LogP contribution in [0.3, 0.4) is 0 Å². The van der Waals surface area contributed by atoms with Crippen LogP contribution in [0.15, 0.2) is 48.5 Å². The number of aromatic nitrogens is 1. The summed E-state index contributed by atoms with van der Waals surface area (Å²) in [4.78, 5) is 27.7.